The van der Waals surface area contributed by atoms with Crippen molar-refractivity contribution < 1.29 is 22.4 Å². The van der Waals surface area contributed by atoms with Gasteiger partial charge in [-0.3, -0.25) is 9.59 Å². The number of anilines is 1. The Labute approximate surface area is 257 Å². The number of benzene rings is 3. The summed E-state index contributed by atoms with van der Waals surface area (Å²) in [5.74, 6) is -1.61. The van der Waals surface area contributed by atoms with Crippen molar-refractivity contribution in [1.82, 2.24) is 14.5 Å². The Bertz CT molecular complexity index is 1470. The number of hydrogen-bond acceptors (Lipinski definition) is 4. The molecule has 3 aromatic rings. The van der Waals surface area contributed by atoms with E-state index in [1.807, 2.05) is 44.2 Å². The fourth-order valence-corrected chi connectivity index (χ4v) is 5.68. The van der Waals surface area contributed by atoms with Crippen LogP contribution in [0.25, 0.3) is 0 Å². The number of halogens is 3. The van der Waals surface area contributed by atoms with Crippen LogP contribution >= 0.6 is 23.2 Å². The number of amides is 2. The molecule has 3 aromatic carbocycles. The molecule has 0 unspecified atom stereocenters. The van der Waals surface area contributed by atoms with E-state index in [9.17, 15) is 22.4 Å². The van der Waals surface area contributed by atoms with E-state index in [0.29, 0.717) is 17.0 Å². The van der Waals surface area contributed by atoms with Gasteiger partial charge in [0.25, 0.3) is 0 Å². The van der Waals surface area contributed by atoms with Crippen LogP contribution in [0.3, 0.4) is 0 Å². The number of carbonyl (C=O) groups is 2. The van der Waals surface area contributed by atoms with E-state index >= 15 is 0 Å². The number of nitrogens with zero attached hydrogens (tertiary/aromatic N) is 3. The smallest absolute Gasteiger partial charge is 0.304 e. The van der Waals surface area contributed by atoms with Gasteiger partial charge in [0.15, 0.2) is 0 Å². The molecule has 0 aliphatic heterocycles. The molecule has 0 saturated heterocycles. The monoisotopic (exact) mass is 636 g/mol. The van der Waals surface area contributed by atoms with Crippen molar-refractivity contribution in [2.45, 2.75) is 45.3 Å². The highest BCUT2D eigenvalue weighted by Crippen LogP contribution is 2.26. The average molecular weight is 638 g/mol. The summed E-state index contributed by atoms with van der Waals surface area (Å²) in [6.45, 7) is 3.04. The lowest BCUT2D eigenvalue weighted by molar-refractivity contribution is -0.140. The molecule has 12 heteroatoms. The Kier molecular flexibility index (Phi) is 11.8. The predicted octanol–water partition coefficient (Wildman–Crippen LogP) is 5.30. The minimum atomic E-state index is -4.20. The van der Waals surface area contributed by atoms with Crippen LogP contribution in [0.2, 0.25) is 10.0 Å². The first-order chi connectivity index (χ1) is 19.8. The van der Waals surface area contributed by atoms with Gasteiger partial charge in [0.1, 0.15) is 18.4 Å². The summed E-state index contributed by atoms with van der Waals surface area (Å²) in [5, 5.41) is 3.65. The van der Waals surface area contributed by atoms with Crippen LogP contribution in [0.15, 0.2) is 72.8 Å². The standard InChI is InChI=1S/C30H35Cl2FN4O4S/c1-5-21(2)34-30(39)28(17-22-9-7-6-8-10-22)36(19-23-11-12-24(31)18-27(23)32)29(38)20-37(42(40,41)35(3)4)26-15-13-25(33)14-16-26/h6-16,18,21,28H,5,17,19-20H2,1-4H3,(H,34,39)/t21-,28-/m0/s1. The van der Waals surface area contributed by atoms with Gasteiger partial charge >= 0.3 is 10.2 Å². The van der Waals surface area contributed by atoms with E-state index in [1.54, 1.807) is 12.1 Å². The summed E-state index contributed by atoms with van der Waals surface area (Å²) in [4.78, 5) is 29.3. The Morgan fingerprint density at radius 3 is 2.19 bits per heavy atom. The van der Waals surface area contributed by atoms with Gasteiger partial charge in [-0.2, -0.15) is 12.7 Å². The second-order valence-electron chi connectivity index (χ2n) is 10.1. The zero-order chi connectivity index (χ0) is 31.0. The molecule has 226 valence electrons. The van der Waals surface area contributed by atoms with Crippen molar-refractivity contribution in [3.05, 3.63) is 99.8 Å². The third-order valence-corrected chi connectivity index (χ3v) is 9.17. The molecule has 2 atom stereocenters. The fraction of sp³-hybridized carbons (Fsp3) is 0.333. The summed E-state index contributed by atoms with van der Waals surface area (Å²) in [6.07, 6.45) is 0.831. The van der Waals surface area contributed by atoms with Crippen molar-refractivity contribution in [3.63, 3.8) is 0 Å². The summed E-state index contributed by atoms with van der Waals surface area (Å²) in [6, 6.07) is 17.6. The minimum absolute atomic E-state index is 0.0894. The van der Waals surface area contributed by atoms with Crippen LogP contribution in [0.1, 0.15) is 31.4 Å². The molecule has 8 nitrogen and oxygen atoms in total. The normalized spacial score (nSPS) is 13.0. The van der Waals surface area contributed by atoms with Crippen molar-refractivity contribution in [1.29, 1.82) is 0 Å². The second kappa shape index (κ2) is 14.8. The molecule has 2 amide bonds. The summed E-state index contributed by atoms with van der Waals surface area (Å²) in [7, 11) is -1.53. The molecule has 0 aliphatic rings. The van der Waals surface area contributed by atoms with Gasteiger partial charge in [0.2, 0.25) is 11.8 Å². The molecule has 0 bridgehead atoms. The maximum Gasteiger partial charge on any atom is 0.304 e. The first-order valence-corrected chi connectivity index (χ1v) is 15.5. The van der Waals surface area contributed by atoms with Crippen molar-refractivity contribution in [2.75, 3.05) is 24.9 Å². The van der Waals surface area contributed by atoms with Gasteiger partial charge < -0.3 is 10.2 Å². The topological polar surface area (TPSA) is 90.0 Å². The first-order valence-electron chi connectivity index (χ1n) is 13.4. The first kappa shape index (κ1) is 33.3. The van der Waals surface area contributed by atoms with E-state index in [2.05, 4.69) is 5.32 Å². The highest BCUT2D eigenvalue weighted by molar-refractivity contribution is 7.90. The molecule has 0 spiro atoms. The minimum Gasteiger partial charge on any atom is -0.352 e. The SMILES string of the molecule is CC[C@H](C)NC(=O)[C@H](Cc1ccccc1)N(Cc1ccc(Cl)cc1Cl)C(=O)CN(c1ccc(F)cc1)S(=O)(=O)N(C)C. The van der Waals surface area contributed by atoms with Gasteiger partial charge in [-0.15, -0.1) is 0 Å². The van der Waals surface area contributed by atoms with Gasteiger partial charge in [0, 0.05) is 43.1 Å². The average Bonchev–Trinajstić information content (AvgIpc) is 2.95. The van der Waals surface area contributed by atoms with Crippen molar-refractivity contribution in [3.8, 4) is 0 Å². The molecule has 1 N–H and O–H groups in total. The highest BCUT2D eigenvalue weighted by atomic mass is 35.5. The van der Waals surface area contributed by atoms with E-state index in [4.69, 9.17) is 23.2 Å². The van der Waals surface area contributed by atoms with Crippen LogP contribution in [0.4, 0.5) is 10.1 Å². The summed E-state index contributed by atoms with van der Waals surface area (Å²) >= 11 is 12.6. The Morgan fingerprint density at radius 2 is 1.62 bits per heavy atom. The largest absolute Gasteiger partial charge is 0.352 e. The van der Waals surface area contributed by atoms with Crippen molar-refractivity contribution in [2.24, 2.45) is 0 Å². The predicted molar refractivity (Wildman–Crippen MR) is 165 cm³/mol. The van der Waals surface area contributed by atoms with Crippen LogP contribution in [0.5, 0.6) is 0 Å². The highest BCUT2D eigenvalue weighted by Gasteiger charge is 2.35. The van der Waals surface area contributed by atoms with Crippen molar-refractivity contribution >= 4 is 50.9 Å². The van der Waals surface area contributed by atoms with Crippen LogP contribution in [-0.2, 0) is 32.8 Å². The second-order valence-corrected chi connectivity index (χ2v) is 13.0. The maximum absolute atomic E-state index is 14.2. The quantitative estimate of drug-likeness (QED) is 0.276. The van der Waals surface area contributed by atoms with Crippen LogP contribution < -0.4 is 9.62 Å². The molecule has 0 aromatic heterocycles. The van der Waals surface area contributed by atoms with Gasteiger partial charge in [-0.25, -0.2) is 8.70 Å². The maximum atomic E-state index is 14.2. The van der Waals surface area contributed by atoms with Crippen LogP contribution in [-0.4, -0.2) is 62.2 Å². The fourth-order valence-electron chi connectivity index (χ4n) is 4.15. The van der Waals surface area contributed by atoms with Gasteiger partial charge in [0.05, 0.1) is 5.69 Å². The van der Waals surface area contributed by atoms with E-state index in [-0.39, 0.29) is 29.7 Å². The molecule has 0 saturated carbocycles. The van der Waals surface area contributed by atoms with Crippen LogP contribution in [0, 0.1) is 5.82 Å². The number of hydrogen-bond donors (Lipinski definition) is 1. The van der Waals surface area contributed by atoms with Gasteiger partial charge in [-0.05, 0) is 60.9 Å². The third kappa shape index (κ3) is 8.67. The van der Waals surface area contributed by atoms with Gasteiger partial charge in [-0.1, -0.05) is 66.5 Å². The lowest BCUT2D eigenvalue weighted by Crippen LogP contribution is -2.55. The lowest BCUT2D eigenvalue weighted by Gasteiger charge is -2.35. The van der Waals surface area contributed by atoms with E-state index in [0.717, 1.165) is 26.3 Å². The lowest BCUT2D eigenvalue weighted by atomic mass is 10.0. The number of rotatable bonds is 13. The molecule has 42 heavy (non-hydrogen) atoms. The number of carbonyl (C=O) groups excluding carboxylic acids is 2. The molecule has 0 aliphatic carbocycles. The third-order valence-electron chi connectivity index (χ3n) is 6.76. The summed E-state index contributed by atoms with van der Waals surface area (Å²) in [5.41, 5.74) is 1.41. The zero-order valence-corrected chi connectivity index (χ0v) is 26.3. The molecular formula is C30H35Cl2FN4O4S. The zero-order valence-electron chi connectivity index (χ0n) is 23.9. The Morgan fingerprint density at radius 1 is 0.976 bits per heavy atom. The Hall–Kier alpha value is -3.18. The van der Waals surface area contributed by atoms with E-state index in [1.165, 1.54) is 37.2 Å². The molecule has 3 rings (SSSR count). The summed E-state index contributed by atoms with van der Waals surface area (Å²) < 4.78 is 42.3. The Balaban J connectivity index is 2.12. The molecule has 0 fully saturated rings. The molecular weight excluding hydrogens is 602 g/mol. The number of nitrogens with one attached hydrogen (secondary N) is 1. The van der Waals surface area contributed by atoms with E-state index < -0.39 is 40.4 Å². The molecule has 0 radical (unpaired) electrons. The molecule has 0 heterocycles.